The summed E-state index contributed by atoms with van der Waals surface area (Å²) >= 11 is 0. The van der Waals surface area contributed by atoms with Crippen LogP contribution in [0.1, 0.15) is 18.1 Å². The van der Waals surface area contributed by atoms with Crippen LogP contribution in [-0.4, -0.2) is 12.0 Å². The first-order valence-electron chi connectivity index (χ1n) is 7.41. The molecule has 1 amide bonds. The second-order valence-electron chi connectivity index (χ2n) is 5.27. The maximum absolute atomic E-state index is 12.7. The largest absolute Gasteiger partial charge is 0.416 e. The van der Waals surface area contributed by atoms with Crippen molar-refractivity contribution in [3.05, 3.63) is 72.3 Å². The van der Waals surface area contributed by atoms with Crippen molar-refractivity contribution < 1.29 is 22.8 Å². The summed E-state index contributed by atoms with van der Waals surface area (Å²) in [6.07, 6.45) is -5.42. The number of hydrogen-bond acceptors (Lipinski definition) is 3. The summed E-state index contributed by atoms with van der Waals surface area (Å²) < 4.78 is 38.0. The molecule has 0 fully saturated rings. The topological polar surface area (TPSA) is 50.4 Å². The number of carbonyl (C=O) groups excluding carboxylic acids is 1. The van der Waals surface area contributed by atoms with E-state index in [-0.39, 0.29) is 5.69 Å². The van der Waals surface area contributed by atoms with Crippen molar-refractivity contribution in [3.8, 4) is 0 Å². The lowest BCUT2D eigenvalue weighted by molar-refractivity contribution is -0.137. The molecule has 0 bridgehead atoms. The Morgan fingerprint density at radius 1 is 1.12 bits per heavy atom. The summed E-state index contributed by atoms with van der Waals surface area (Å²) in [7, 11) is 0. The Morgan fingerprint density at radius 3 is 2.44 bits per heavy atom. The van der Waals surface area contributed by atoms with Crippen molar-refractivity contribution in [1.29, 1.82) is 0 Å². The molecule has 0 radical (unpaired) electrons. The van der Waals surface area contributed by atoms with Gasteiger partial charge in [0.25, 0.3) is 5.91 Å². The molecule has 0 spiro atoms. The molecule has 2 aromatic rings. The number of anilines is 1. The molecule has 25 heavy (non-hydrogen) atoms. The van der Waals surface area contributed by atoms with Crippen LogP contribution in [0.5, 0.6) is 0 Å². The number of amides is 1. The molecule has 0 aromatic heterocycles. The molecule has 0 unspecified atom stereocenters. The van der Waals surface area contributed by atoms with Crippen molar-refractivity contribution in [2.45, 2.75) is 19.2 Å². The first-order valence-corrected chi connectivity index (χ1v) is 7.41. The standard InChI is InChI=1S/C18H17F3N2O2/c1-12(14-7-4-3-5-8-14)23-25-13(2)17(24)22-16-10-6-9-15(11-16)18(19,20)21/h3-11,13,23H,1H2,2H3,(H,22,24)/t13-/m0/s1. The highest BCUT2D eigenvalue weighted by Crippen LogP contribution is 2.30. The Hall–Kier alpha value is -2.80. The monoisotopic (exact) mass is 350 g/mol. The summed E-state index contributed by atoms with van der Waals surface area (Å²) in [5.74, 6) is -0.590. The Balaban J connectivity index is 1.91. The van der Waals surface area contributed by atoms with E-state index in [0.717, 1.165) is 17.7 Å². The van der Waals surface area contributed by atoms with Crippen molar-refractivity contribution in [1.82, 2.24) is 5.48 Å². The van der Waals surface area contributed by atoms with Gasteiger partial charge >= 0.3 is 6.18 Å². The predicted molar refractivity (Wildman–Crippen MR) is 89.2 cm³/mol. The quantitative estimate of drug-likeness (QED) is 0.767. The molecule has 0 aliphatic heterocycles. The number of halogens is 3. The fourth-order valence-electron chi connectivity index (χ4n) is 1.93. The van der Waals surface area contributed by atoms with E-state index in [1.807, 2.05) is 30.3 Å². The molecule has 0 aliphatic rings. The Bertz CT molecular complexity index is 745. The van der Waals surface area contributed by atoms with E-state index < -0.39 is 23.8 Å². The Labute approximate surface area is 143 Å². The van der Waals surface area contributed by atoms with Gasteiger partial charge in [-0.3, -0.25) is 15.1 Å². The van der Waals surface area contributed by atoms with Crippen LogP contribution >= 0.6 is 0 Å². The molecule has 0 heterocycles. The highest BCUT2D eigenvalue weighted by Gasteiger charge is 2.30. The Kier molecular flexibility index (Phi) is 5.82. The van der Waals surface area contributed by atoms with E-state index in [1.165, 1.54) is 19.1 Å². The van der Waals surface area contributed by atoms with Crippen LogP contribution in [-0.2, 0) is 15.8 Å². The number of hydrogen-bond donors (Lipinski definition) is 2. The van der Waals surface area contributed by atoms with Crippen molar-refractivity contribution in [3.63, 3.8) is 0 Å². The number of alkyl halides is 3. The van der Waals surface area contributed by atoms with Crippen LogP contribution in [0.4, 0.5) is 18.9 Å². The number of carbonyl (C=O) groups is 1. The van der Waals surface area contributed by atoms with E-state index in [9.17, 15) is 18.0 Å². The van der Waals surface area contributed by atoms with E-state index >= 15 is 0 Å². The molecule has 0 aliphatic carbocycles. The lowest BCUT2D eigenvalue weighted by atomic mass is 10.2. The minimum atomic E-state index is -4.47. The molecule has 7 heteroatoms. The van der Waals surface area contributed by atoms with Gasteiger partial charge in [-0.2, -0.15) is 13.2 Å². The zero-order chi connectivity index (χ0) is 18.4. The highest BCUT2D eigenvalue weighted by atomic mass is 19.4. The average Bonchev–Trinajstić information content (AvgIpc) is 2.59. The molecule has 0 saturated heterocycles. The molecule has 2 N–H and O–H groups in total. The van der Waals surface area contributed by atoms with Crippen molar-refractivity contribution >= 4 is 17.3 Å². The first-order chi connectivity index (χ1) is 11.8. The summed E-state index contributed by atoms with van der Waals surface area (Å²) in [6.45, 7) is 5.25. The van der Waals surface area contributed by atoms with Gasteiger partial charge in [-0.15, -0.1) is 0 Å². The van der Waals surface area contributed by atoms with Gasteiger partial charge in [0.1, 0.15) is 0 Å². The molecular weight excluding hydrogens is 333 g/mol. The average molecular weight is 350 g/mol. The number of nitrogens with one attached hydrogen (secondary N) is 2. The molecule has 4 nitrogen and oxygen atoms in total. The van der Waals surface area contributed by atoms with Crippen LogP contribution in [0.3, 0.4) is 0 Å². The number of hydroxylamine groups is 1. The second kappa shape index (κ2) is 7.85. The Morgan fingerprint density at radius 2 is 1.80 bits per heavy atom. The van der Waals surface area contributed by atoms with Gasteiger partial charge in [0.05, 0.1) is 11.3 Å². The SMILES string of the molecule is C=C(NO[C@@H](C)C(=O)Nc1cccc(C(F)(F)F)c1)c1ccccc1. The minimum Gasteiger partial charge on any atom is -0.324 e. The molecule has 2 rings (SSSR count). The van der Waals surface area contributed by atoms with Gasteiger partial charge in [0.2, 0.25) is 0 Å². The van der Waals surface area contributed by atoms with Gasteiger partial charge < -0.3 is 5.32 Å². The fourth-order valence-corrected chi connectivity index (χ4v) is 1.93. The fraction of sp³-hybridized carbons (Fsp3) is 0.167. The molecular formula is C18H17F3N2O2. The minimum absolute atomic E-state index is 0.0390. The predicted octanol–water partition coefficient (Wildman–Crippen LogP) is 4.22. The van der Waals surface area contributed by atoms with Crippen LogP contribution < -0.4 is 10.8 Å². The van der Waals surface area contributed by atoms with E-state index in [4.69, 9.17) is 4.84 Å². The zero-order valence-electron chi connectivity index (χ0n) is 13.4. The summed E-state index contributed by atoms with van der Waals surface area (Å²) in [5, 5.41) is 2.38. The van der Waals surface area contributed by atoms with E-state index in [2.05, 4.69) is 17.4 Å². The van der Waals surface area contributed by atoms with Crippen LogP contribution in [0.2, 0.25) is 0 Å². The summed E-state index contributed by atoms with van der Waals surface area (Å²) in [5.41, 5.74) is 3.01. The highest BCUT2D eigenvalue weighted by molar-refractivity contribution is 5.94. The van der Waals surface area contributed by atoms with Gasteiger partial charge in [-0.25, -0.2) is 0 Å². The van der Waals surface area contributed by atoms with E-state index in [1.54, 1.807) is 0 Å². The van der Waals surface area contributed by atoms with Crippen LogP contribution in [0.15, 0.2) is 61.2 Å². The van der Waals surface area contributed by atoms with Gasteiger partial charge in [-0.05, 0) is 30.7 Å². The van der Waals surface area contributed by atoms with Gasteiger partial charge in [-0.1, -0.05) is 43.0 Å². The smallest absolute Gasteiger partial charge is 0.324 e. The summed E-state index contributed by atoms with van der Waals surface area (Å²) in [6, 6.07) is 13.5. The number of rotatable bonds is 6. The lowest BCUT2D eigenvalue weighted by Crippen LogP contribution is -2.32. The van der Waals surface area contributed by atoms with Gasteiger partial charge in [0.15, 0.2) is 6.10 Å². The first kappa shape index (κ1) is 18.5. The molecule has 132 valence electrons. The molecule has 1 atom stereocenters. The van der Waals surface area contributed by atoms with Crippen LogP contribution in [0, 0.1) is 0 Å². The second-order valence-corrected chi connectivity index (χ2v) is 5.27. The molecule has 2 aromatic carbocycles. The normalized spacial score (nSPS) is 12.3. The third-order valence-corrected chi connectivity index (χ3v) is 3.31. The van der Waals surface area contributed by atoms with Gasteiger partial charge in [0, 0.05) is 5.69 Å². The van der Waals surface area contributed by atoms with Crippen LogP contribution in [0.25, 0.3) is 5.70 Å². The lowest BCUT2D eigenvalue weighted by Gasteiger charge is -2.16. The van der Waals surface area contributed by atoms with Crippen molar-refractivity contribution in [2.75, 3.05) is 5.32 Å². The molecule has 0 saturated carbocycles. The third-order valence-electron chi connectivity index (χ3n) is 3.31. The maximum Gasteiger partial charge on any atom is 0.416 e. The maximum atomic E-state index is 12.7. The number of benzene rings is 2. The van der Waals surface area contributed by atoms with E-state index in [0.29, 0.717) is 5.70 Å². The third kappa shape index (κ3) is 5.36. The van der Waals surface area contributed by atoms with Crippen molar-refractivity contribution in [2.24, 2.45) is 0 Å². The summed E-state index contributed by atoms with van der Waals surface area (Å²) in [4.78, 5) is 17.2. The zero-order valence-corrected chi connectivity index (χ0v) is 13.4.